The molecule has 0 saturated heterocycles. The van der Waals surface area contributed by atoms with Gasteiger partial charge in [-0.05, 0) is 30.3 Å². The third kappa shape index (κ3) is 2.35. The molecule has 0 unspecified atom stereocenters. The van der Waals surface area contributed by atoms with E-state index in [1.165, 1.54) is 11.2 Å². The smallest absolute Gasteiger partial charge is 0.273 e. The third-order valence-corrected chi connectivity index (χ3v) is 2.81. The fourth-order valence-electron chi connectivity index (χ4n) is 1.78. The average Bonchev–Trinajstić information content (AvgIpc) is 3.13. The lowest BCUT2D eigenvalue weighted by molar-refractivity contribution is 0.0799. The summed E-state index contributed by atoms with van der Waals surface area (Å²) in [5, 5.41) is 5.27. The second-order valence-electron chi connectivity index (χ2n) is 4.16. The average molecular weight is 272 g/mol. The first-order chi connectivity index (χ1) is 9.74. The van der Waals surface area contributed by atoms with Gasteiger partial charge in [0, 0.05) is 12.6 Å². The molecule has 0 saturated carbocycles. The Kier molecular flexibility index (Phi) is 3.12. The van der Waals surface area contributed by atoms with Gasteiger partial charge in [0.1, 0.15) is 5.76 Å². The molecule has 0 N–H and O–H groups in total. The van der Waals surface area contributed by atoms with Gasteiger partial charge in [0.05, 0.1) is 12.5 Å². The normalized spacial score (nSPS) is 12.8. The van der Waals surface area contributed by atoms with Gasteiger partial charge in [-0.25, -0.2) is 5.01 Å². The Bertz CT molecular complexity index is 649. The Hall–Kier alpha value is -2.76. The predicted molar refractivity (Wildman–Crippen MR) is 71.0 cm³/mol. The van der Waals surface area contributed by atoms with E-state index in [1.54, 1.807) is 43.6 Å². The first-order valence-electron chi connectivity index (χ1n) is 5.99. The number of hydrogen-bond acceptors (Lipinski definition) is 5. The molecule has 0 bridgehead atoms. The first-order valence-corrected chi connectivity index (χ1v) is 5.99. The summed E-state index contributed by atoms with van der Waals surface area (Å²) in [7, 11) is 1.58. The van der Waals surface area contributed by atoms with Crippen molar-refractivity contribution in [2.45, 2.75) is 0 Å². The third-order valence-electron chi connectivity index (χ3n) is 2.81. The molecule has 1 aliphatic heterocycles. The molecule has 2 aromatic rings. The number of furan rings is 1. The Morgan fingerprint density at radius 2 is 2.15 bits per heavy atom. The number of benzene rings is 1. The minimum absolute atomic E-state index is 0.180. The molecule has 0 fully saturated rings. The van der Waals surface area contributed by atoms with Crippen molar-refractivity contribution in [1.82, 2.24) is 5.01 Å². The Balaban J connectivity index is 1.75. The summed E-state index contributed by atoms with van der Waals surface area (Å²) in [6, 6.07) is 8.53. The molecule has 0 spiro atoms. The zero-order valence-electron chi connectivity index (χ0n) is 10.8. The molecule has 0 aliphatic carbocycles. The molecule has 1 aromatic heterocycles. The van der Waals surface area contributed by atoms with Crippen LogP contribution in [0.15, 0.2) is 46.1 Å². The van der Waals surface area contributed by atoms with Crippen LogP contribution in [-0.2, 0) is 0 Å². The highest BCUT2D eigenvalue weighted by Crippen LogP contribution is 2.32. The maximum atomic E-state index is 12.2. The number of ether oxygens (including phenoxy) is 2. The molecule has 102 valence electrons. The van der Waals surface area contributed by atoms with Crippen molar-refractivity contribution < 1.29 is 18.7 Å². The zero-order valence-corrected chi connectivity index (χ0v) is 10.8. The van der Waals surface area contributed by atoms with Gasteiger partial charge in [-0.15, -0.1) is 0 Å². The number of rotatable bonds is 3. The van der Waals surface area contributed by atoms with Crippen LogP contribution < -0.4 is 9.47 Å². The largest absolute Gasteiger partial charge is 0.463 e. The minimum atomic E-state index is -0.244. The predicted octanol–water partition coefficient (Wildman–Crippen LogP) is 2.11. The number of hydrazone groups is 1. The van der Waals surface area contributed by atoms with E-state index in [9.17, 15) is 4.79 Å². The summed E-state index contributed by atoms with van der Waals surface area (Å²) in [5.41, 5.74) is 0.480. The molecule has 1 amide bonds. The van der Waals surface area contributed by atoms with Crippen molar-refractivity contribution in [3.05, 3.63) is 47.9 Å². The van der Waals surface area contributed by atoms with Crippen molar-refractivity contribution in [2.24, 2.45) is 5.10 Å². The van der Waals surface area contributed by atoms with Gasteiger partial charge in [-0.2, -0.15) is 5.10 Å². The fraction of sp³-hybridized carbons (Fsp3) is 0.143. The molecule has 3 rings (SSSR count). The summed E-state index contributed by atoms with van der Waals surface area (Å²) in [5.74, 6) is 1.55. The van der Waals surface area contributed by atoms with E-state index >= 15 is 0 Å². The molecule has 1 aromatic carbocycles. The van der Waals surface area contributed by atoms with Crippen LogP contribution in [0.2, 0.25) is 0 Å². The van der Waals surface area contributed by atoms with Gasteiger partial charge < -0.3 is 13.9 Å². The topological polar surface area (TPSA) is 64.3 Å². The zero-order chi connectivity index (χ0) is 13.9. The van der Waals surface area contributed by atoms with E-state index in [-0.39, 0.29) is 12.7 Å². The number of carbonyl (C=O) groups excluding carboxylic acids is 1. The van der Waals surface area contributed by atoms with E-state index in [0.29, 0.717) is 22.8 Å². The van der Waals surface area contributed by atoms with Crippen LogP contribution in [0.1, 0.15) is 16.1 Å². The highest BCUT2D eigenvalue weighted by Gasteiger charge is 2.18. The molecule has 0 radical (unpaired) electrons. The van der Waals surface area contributed by atoms with Crippen molar-refractivity contribution in [1.29, 1.82) is 0 Å². The summed E-state index contributed by atoms with van der Waals surface area (Å²) >= 11 is 0. The van der Waals surface area contributed by atoms with Crippen LogP contribution in [0.25, 0.3) is 0 Å². The minimum Gasteiger partial charge on any atom is -0.463 e. The molecule has 0 atom stereocenters. The van der Waals surface area contributed by atoms with Crippen molar-refractivity contribution >= 4 is 12.1 Å². The van der Waals surface area contributed by atoms with E-state index < -0.39 is 0 Å². The maximum Gasteiger partial charge on any atom is 0.273 e. The standard InChI is InChI=1S/C14H12N2O4/c1-16(15-8-11-3-2-6-18-11)14(17)10-4-5-12-13(7-10)20-9-19-12/h2-8H,9H2,1H3/b15-8+. The van der Waals surface area contributed by atoms with Crippen molar-refractivity contribution in [3.8, 4) is 11.5 Å². The summed E-state index contributed by atoms with van der Waals surface area (Å²) < 4.78 is 15.5. The highest BCUT2D eigenvalue weighted by atomic mass is 16.7. The number of carbonyl (C=O) groups is 1. The summed E-state index contributed by atoms with van der Waals surface area (Å²) in [6.07, 6.45) is 3.02. The first kappa shape index (κ1) is 12.3. The number of fused-ring (bicyclic) bond motifs is 1. The molecule has 20 heavy (non-hydrogen) atoms. The maximum absolute atomic E-state index is 12.2. The monoisotopic (exact) mass is 272 g/mol. The molecular weight excluding hydrogens is 260 g/mol. The van der Waals surface area contributed by atoms with Crippen molar-refractivity contribution in [3.63, 3.8) is 0 Å². The second kappa shape index (κ2) is 5.08. The van der Waals surface area contributed by atoms with Gasteiger partial charge in [0.25, 0.3) is 5.91 Å². The molecule has 1 aliphatic rings. The number of amides is 1. The van der Waals surface area contributed by atoms with E-state index in [4.69, 9.17) is 13.9 Å². The SMILES string of the molecule is CN(/N=C/c1ccco1)C(=O)c1ccc2c(c1)OCO2. The van der Waals surface area contributed by atoms with E-state index in [1.807, 2.05) is 0 Å². The summed E-state index contributed by atoms with van der Waals surface area (Å²) in [4.78, 5) is 12.2. The van der Waals surface area contributed by atoms with Gasteiger partial charge in [0.15, 0.2) is 11.5 Å². The Morgan fingerprint density at radius 1 is 1.30 bits per heavy atom. The fourth-order valence-corrected chi connectivity index (χ4v) is 1.78. The van der Waals surface area contributed by atoms with Crippen LogP contribution in [-0.4, -0.2) is 31.0 Å². The quantitative estimate of drug-likeness (QED) is 0.634. The number of hydrogen-bond donors (Lipinski definition) is 0. The van der Waals surface area contributed by atoms with Crippen LogP contribution in [0.5, 0.6) is 11.5 Å². The highest BCUT2D eigenvalue weighted by molar-refractivity contribution is 5.95. The Morgan fingerprint density at radius 3 is 2.95 bits per heavy atom. The van der Waals surface area contributed by atoms with Gasteiger partial charge >= 0.3 is 0 Å². The van der Waals surface area contributed by atoms with Crippen LogP contribution >= 0.6 is 0 Å². The van der Waals surface area contributed by atoms with Crippen LogP contribution in [0, 0.1) is 0 Å². The Labute approximate surface area is 115 Å². The molecule has 2 heterocycles. The van der Waals surface area contributed by atoms with E-state index in [0.717, 1.165) is 0 Å². The van der Waals surface area contributed by atoms with Gasteiger partial charge in [0.2, 0.25) is 6.79 Å². The van der Waals surface area contributed by atoms with Crippen molar-refractivity contribution in [2.75, 3.05) is 13.8 Å². The van der Waals surface area contributed by atoms with Gasteiger partial charge in [-0.3, -0.25) is 4.79 Å². The van der Waals surface area contributed by atoms with Gasteiger partial charge in [-0.1, -0.05) is 0 Å². The molecule has 6 heteroatoms. The lowest BCUT2D eigenvalue weighted by Gasteiger charge is -2.10. The number of nitrogens with zero attached hydrogens (tertiary/aromatic N) is 2. The lowest BCUT2D eigenvalue weighted by Crippen LogP contribution is -2.21. The molecular formula is C14H12N2O4. The lowest BCUT2D eigenvalue weighted by atomic mass is 10.2. The summed E-state index contributed by atoms with van der Waals surface area (Å²) in [6.45, 7) is 0.180. The second-order valence-corrected chi connectivity index (χ2v) is 4.16. The van der Waals surface area contributed by atoms with E-state index in [2.05, 4.69) is 5.10 Å². The molecule has 6 nitrogen and oxygen atoms in total. The van der Waals surface area contributed by atoms with Crippen LogP contribution in [0.4, 0.5) is 0 Å². The van der Waals surface area contributed by atoms with Crippen LogP contribution in [0.3, 0.4) is 0 Å².